The molecule has 2 atom stereocenters. The van der Waals surface area contributed by atoms with Gasteiger partial charge in [-0.15, -0.1) is 0 Å². The molecule has 178 valence electrons. The van der Waals surface area contributed by atoms with E-state index in [1.807, 2.05) is 0 Å². The summed E-state index contributed by atoms with van der Waals surface area (Å²) in [6.07, 6.45) is -7.88. The van der Waals surface area contributed by atoms with Crippen LogP contribution < -0.4 is 27.1 Å². The Kier molecular flexibility index (Phi) is 6.58. The Morgan fingerprint density at radius 1 is 1.15 bits per heavy atom. The number of hydrogen-bond donors (Lipinski definition) is 5. The van der Waals surface area contributed by atoms with Crippen LogP contribution in [0.15, 0.2) is 41.2 Å². The largest absolute Gasteiger partial charge is 0.494 e. The molecule has 0 aliphatic heterocycles. The fraction of sp³-hybridized carbons (Fsp3) is 0.250. The summed E-state index contributed by atoms with van der Waals surface area (Å²) >= 11 is 5.99. The van der Waals surface area contributed by atoms with E-state index >= 15 is 0 Å². The van der Waals surface area contributed by atoms with E-state index in [2.05, 4.69) is 10.3 Å². The number of fused-ring (bicyclic) bond motifs is 1. The highest BCUT2D eigenvalue weighted by Crippen LogP contribution is 2.46. The van der Waals surface area contributed by atoms with E-state index in [0.717, 1.165) is 37.4 Å². The van der Waals surface area contributed by atoms with Gasteiger partial charge in [-0.05, 0) is 29.8 Å². The minimum atomic E-state index is -5.45. The molecule has 0 radical (unpaired) electrons. The van der Waals surface area contributed by atoms with Crippen molar-refractivity contribution in [3.63, 3.8) is 0 Å². The number of ether oxygens (including phenoxy) is 1. The Hall–Kier alpha value is -2.93. The minimum Gasteiger partial charge on any atom is -0.494 e. The van der Waals surface area contributed by atoms with Crippen LogP contribution in [0.1, 0.15) is 11.6 Å². The average molecular weight is 493 g/mol. The van der Waals surface area contributed by atoms with Crippen LogP contribution in [0.3, 0.4) is 0 Å². The predicted molar refractivity (Wildman–Crippen MR) is 112 cm³/mol. The maximum Gasteiger partial charge on any atom is 0.422 e. The number of hydrogen-bond acceptors (Lipinski definition) is 6. The van der Waals surface area contributed by atoms with Gasteiger partial charge in [-0.2, -0.15) is 13.2 Å². The molecular formula is C20H18ClF5N4O3. The molecule has 0 saturated heterocycles. The quantitative estimate of drug-likeness (QED) is 0.266. The van der Waals surface area contributed by atoms with Crippen molar-refractivity contribution in [3.8, 4) is 5.75 Å². The Labute approximate surface area is 188 Å². The normalized spacial score (nSPS) is 14.9. The highest BCUT2D eigenvalue weighted by molar-refractivity contribution is 6.31. The first-order chi connectivity index (χ1) is 15.3. The fourth-order valence-electron chi connectivity index (χ4n) is 3.41. The van der Waals surface area contributed by atoms with Crippen molar-refractivity contribution < 1.29 is 31.8 Å². The number of anilines is 1. The SMILES string of the molecule is COc1ccc([C@H](Nc2cc(F)cc3[nH]c(=O)ccc23)[C@@](O)(C(N)N)C(F)(F)F)c(Cl)c1F. The van der Waals surface area contributed by atoms with Gasteiger partial charge in [0.15, 0.2) is 11.6 Å². The zero-order valence-electron chi connectivity index (χ0n) is 16.8. The van der Waals surface area contributed by atoms with Gasteiger partial charge in [0.1, 0.15) is 5.82 Å². The second-order valence-corrected chi connectivity index (χ2v) is 7.53. The maximum atomic E-state index is 14.6. The molecule has 0 bridgehead atoms. The topological polar surface area (TPSA) is 126 Å². The number of aliphatic hydroxyl groups is 1. The van der Waals surface area contributed by atoms with E-state index in [1.54, 1.807) is 0 Å². The van der Waals surface area contributed by atoms with Crippen LogP contribution in [-0.4, -0.2) is 35.1 Å². The molecule has 13 heteroatoms. The number of alkyl halides is 3. The van der Waals surface area contributed by atoms with Gasteiger partial charge in [0, 0.05) is 17.1 Å². The molecule has 3 aromatic rings. The number of rotatable bonds is 6. The lowest BCUT2D eigenvalue weighted by Gasteiger charge is -2.41. The number of H-pyrrole nitrogens is 1. The molecule has 7 N–H and O–H groups in total. The number of aromatic nitrogens is 1. The lowest BCUT2D eigenvalue weighted by atomic mass is 9.84. The second kappa shape index (κ2) is 8.78. The van der Waals surface area contributed by atoms with Gasteiger partial charge in [0.05, 0.1) is 29.9 Å². The summed E-state index contributed by atoms with van der Waals surface area (Å²) in [4.78, 5) is 13.9. The Balaban J connectivity index is 2.31. The third kappa shape index (κ3) is 4.34. The second-order valence-electron chi connectivity index (χ2n) is 7.15. The van der Waals surface area contributed by atoms with Crippen molar-refractivity contribution in [2.24, 2.45) is 11.5 Å². The molecule has 3 rings (SSSR count). The van der Waals surface area contributed by atoms with Crippen molar-refractivity contribution in [2.75, 3.05) is 12.4 Å². The number of methoxy groups -OCH3 is 1. The summed E-state index contributed by atoms with van der Waals surface area (Å²) in [5.41, 5.74) is 5.26. The van der Waals surface area contributed by atoms with Crippen molar-refractivity contribution in [2.45, 2.75) is 24.0 Å². The van der Waals surface area contributed by atoms with E-state index in [4.69, 9.17) is 27.8 Å². The minimum absolute atomic E-state index is 0.0525. The molecule has 0 amide bonds. The van der Waals surface area contributed by atoms with Crippen LogP contribution >= 0.6 is 11.6 Å². The molecule has 33 heavy (non-hydrogen) atoms. The summed E-state index contributed by atoms with van der Waals surface area (Å²) in [5.74, 6) is -2.50. The molecular weight excluding hydrogens is 475 g/mol. The van der Waals surface area contributed by atoms with Crippen molar-refractivity contribution in [1.82, 2.24) is 4.98 Å². The van der Waals surface area contributed by atoms with Crippen LogP contribution in [0.25, 0.3) is 10.9 Å². The molecule has 0 aliphatic rings. The first-order valence-electron chi connectivity index (χ1n) is 9.22. The van der Waals surface area contributed by atoms with Crippen LogP contribution in [0.4, 0.5) is 27.6 Å². The number of halogens is 6. The average Bonchev–Trinajstić information content (AvgIpc) is 2.72. The summed E-state index contributed by atoms with van der Waals surface area (Å²) in [5, 5.41) is 12.3. The maximum absolute atomic E-state index is 14.6. The molecule has 0 unspecified atom stereocenters. The molecule has 0 spiro atoms. The van der Waals surface area contributed by atoms with Crippen molar-refractivity contribution in [3.05, 3.63) is 69.0 Å². The first-order valence-corrected chi connectivity index (χ1v) is 9.60. The van der Waals surface area contributed by atoms with Crippen LogP contribution in [0.5, 0.6) is 5.75 Å². The van der Waals surface area contributed by atoms with Gasteiger partial charge in [0.25, 0.3) is 0 Å². The number of aromatic amines is 1. The van der Waals surface area contributed by atoms with Crippen molar-refractivity contribution >= 4 is 28.2 Å². The number of nitrogens with one attached hydrogen (secondary N) is 2. The lowest BCUT2D eigenvalue weighted by Crippen LogP contribution is -2.66. The molecule has 0 fully saturated rings. The van der Waals surface area contributed by atoms with Gasteiger partial charge in [0.2, 0.25) is 11.2 Å². The van der Waals surface area contributed by atoms with E-state index in [0.29, 0.717) is 0 Å². The fourth-order valence-corrected chi connectivity index (χ4v) is 3.67. The van der Waals surface area contributed by atoms with E-state index in [9.17, 15) is 31.9 Å². The molecule has 1 heterocycles. The van der Waals surface area contributed by atoms with Crippen LogP contribution in [-0.2, 0) is 0 Å². The number of benzene rings is 2. The smallest absolute Gasteiger partial charge is 0.422 e. The van der Waals surface area contributed by atoms with Crippen LogP contribution in [0, 0.1) is 11.6 Å². The monoisotopic (exact) mass is 492 g/mol. The van der Waals surface area contributed by atoms with Gasteiger partial charge >= 0.3 is 6.18 Å². The molecule has 2 aromatic carbocycles. The van der Waals surface area contributed by atoms with Crippen molar-refractivity contribution in [1.29, 1.82) is 0 Å². The zero-order valence-corrected chi connectivity index (χ0v) is 17.6. The molecule has 0 aliphatic carbocycles. The highest BCUT2D eigenvalue weighted by atomic mass is 35.5. The number of pyridine rings is 1. The van der Waals surface area contributed by atoms with E-state index in [1.165, 1.54) is 6.07 Å². The van der Waals surface area contributed by atoms with Crippen LogP contribution in [0.2, 0.25) is 5.02 Å². The summed E-state index contributed by atoms with van der Waals surface area (Å²) in [7, 11) is 1.12. The Morgan fingerprint density at radius 3 is 2.39 bits per heavy atom. The summed E-state index contributed by atoms with van der Waals surface area (Å²) in [6.45, 7) is 0. The Bertz CT molecular complexity index is 1250. The van der Waals surface area contributed by atoms with E-state index < -0.39 is 51.8 Å². The lowest BCUT2D eigenvalue weighted by molar-refractivity contribution is -0.273. The summed E-state index contributed by atoms with van der Waals surface area (Å²) < 4.78 is 75.8. The molecule has 0 saturated carbocycles. The summed E-state index contributed by atoms with van der Waals surface area (Å²) in [6, 6.07) is 3.70. The molecule has 1 aromatic heterocycles. The Morgan fingerprint density at radius 2 is 1.82 bits per heavy atom. The van der Waals surface area contributed by atoms with Gasteiger partial charge in [-0.1, -0.05) is 17.7 Å². The standard InChI is InChI=1S/C20H18ClF5N4O3/c1-33-13-4-2-10(15(21)16(13)23)17(19(32,18(27)28)20(24,25)26)30-12-7-8(22)6-11-9(12)3-5-14(31)29-11/h2-7,17-18,30,32H,27-28H2,1H3,(H,29,31)/t17-,19+/m0/s1. The van der Waals surface area contributed by atoms with Gasteiger partial charge in [-0.25, -0.2) is 8.78 Å². The third-order valence-corrected chi connectivity index (χ3v) is 5.50. The zero-order chi connectivity index (χ0) is 24.7. The predicted octanol–water partition coefficient (Wildman–Crippen LogP) is 3.16. The van der Waals surface area contributed by atoms with Gasteiger partial charge < -0.3 is 31.6 Å². The highest BCUT2D eigenvalue weighted by Gasteiger charge is 2.62. The molecule has 7 nitrogen and oxygen atoms in total. The first kappa shape index (κ1) is 24.7. The number of nitrogens with two attached hydrogens (primary N) is 2. The van der Waals surface area contributed by atoms with Gasteiger partial charge in [-0.3, -0.25) is 4.79 Å². The van der Waals surface area contributed by atoms with E-state index in [-0.39, 0.29) is 22.3 Å². The third-order valence-electron chi connectivity index (χ3n) is 5.11.